The van der Waals surface area contributed by atoms with Crippen LogP contribution in [0.4, 0.5) is 10.8 Å². The molecule has 1 aliphatic heterocycles. The van der Waals surface area contributed by atoms with Crippen molar-refractivity contribution < 1.29 is 19.5 Å². The predicted octanol–water partition coefficient (Wildman–Crippen LogP) is 4.51. The summed E-state index contributed by atoms with van der Waals surface area (Å²) < 4.78 is 0.401. The van der Waals surface area contributed by atoms with Gasteiger partial charge in [-0.3, -0.25) is 24.2 Å². The standard InChI is InChI=1S/C21H21N3O4S3/c1-12-6-4-7-16(13(12)2)24(14(3)25)20-22-15(11-30-20)10-17-19(28)23(21(29)31-17)9-5-8-18(26)27/h4,6-7,10-11H,5,8-9H2,1-3H3,(H,26,27)/b17-10+. The average Bonchev–Trinajstić information content (AvgIpc) is 3.24. The van der Waals surface area contributed by atoms with E-state index < -0.39 is 5.97 Å². The second-order valence-corrected chi connectivity index (χ2v) is 9.47. The molecule has 1 saturated heterocycles. The van der Waals surface area contributed by atoms with E-state index in [0.717, 1.165) is 16.8 Å². The van der Waals surface area contributed by atoms with Crippen molar-refractivity contribution in [2.24, 2.45) is 0 Å². The van der Waals surface area contributed by atoms with Crippen molar-refractivity contribution >= 4 is 74.3 Å². The normalized spacial score (nSPS) is 15.1. The van der Waals surface area contributed by atoms with Crippen LogP contribution < -0.4 is 4.90 Å². The van der Waals surface area contributed by atoms with Crippen molar-refractivity contribution in [1.29, 1.82) is 0 Å². The number of aromatic nitrogens is 1. The maximum absolute atomic E-state index is 12.7. The molecule has 0 aliphatic carbocycles. The van der Waals surface area contributed by atoms with E-state index in [9.17, 15) is 14.4 Å². The lowest BCUT2D eigenvalue weighted by Crippen LogP contribution is -2.29. The Balaban J connectivity index is 1.83. The van der Waals surface area contributed by atoms with Crippen molar-refractivity contribution in [3.8, 4) is 0 Å². The predicted molar refractivity (Wildman–Crippen MR) is 128 cm³/mol. The Hall–Kier alpha value is -2.56. The minimum absolute atomic E-state index is 0.0230. The average molecular weight is 476 g/mol. The molecule has 2 heterocycles. The monoisotopic (exact) mass is 475 g/mol. The minimum atomic E-state index is -0.908. The summed E-state index contributed by atoms with van der Waals surface area (Å²) in [5.74, 6) is -1.32. The number of aliphatic carboxylic acids is 1. The lowest BCUT2D eigenvalue weighted by Gasteiger charge is -2.21. The Morgan fingerprint density at radius 3 is 2.74 bits per heavy atom. The molecule has 10 heteroatoms. The summed E-state index contributed by atoms with van der Waals surface area (Å²) in [4.78, 5) is 43.7. The fourth-order valence-corrected chi connectivity index (χ4v) is 5.18. The third-order valence-corrected chi connectivity index (χ3v) is 6.98. The number of hydrogen-bond donors (Lipinski definition) is 1. The van der Waals surface area contributed by atoms with Gasteiger partial charge in [0.1, 0.15) is 4.32 Å². The van der Waals surface area contributed by atoms with Gasteiger partial charge in [0.2, 0.25) is 5.91 Å². The molecular weight excluding hydrogens is 454 g/mol. The number of amides is 2. The SMILES string of the molecule is CC(=O)N(c1nc(/C=C2/SC(=S)N(CCCC(=O)O)C2=O)cs1)c1cccc(C)c1C. The number of carboxylic acid groups (broad SMARTS) is 1. The Bertz CT molecular complexity index is 1090. The van der Waals surface area contributed by atoms with Crippen LogP contribution in [-0.4, -0.2) is 43.6 Å². The van der Waals surface area contributed by atoms with Crippen LogP contribution in [-0.2, 0) is 14.4 Å². The van der Waals surface area contributed by atoms with Gasteiger partial charge in [-0.1, -0.05) is 36.1 Å². The number of thioether (sulfide) groups is 1. The van der Waals surface area contributed by atoms with Crippen molar-refractivity contribution in [1.82, 2.24) is 9.88 Å². The molecule has 3 rings (SSSR count). The summed E-state index contributed by atoms with van der Waals surface area (Å²) in [5.41, 5.74) is 3.41. The maximum Gasteiger partial charge on any atom is 0.303 e. The molecule has 0 spiro atoms. The number of carboxylic acids is 1. The lowest BCUT2D eigenvalue weighted by molar-refractivity contribution is -0.137. The second kappa shape index (κ2) is 9.71. The summed E-state index contributed by atoms with van der Waals surface area (Å²) in [6.45, 7) is 5.71. The van der Waals surface area contributed by atoms with Gasteiger partial charge in [0.15, 0.2) is 5.13 Å². The molecular formula is C21H21N3O4S3. The van der Waals surface area contributed by atoms with Gasteiger partial charge in [-0.25, -0.2) is 4.98 Å². The van der Waals surface area contributed by atoms with Crippen LogP contribution in [0.25, 0.3) is 6.08 Å². The Labute approximate surface area is 193 Å². The van der Waals surface area contributed by atoms with Gasteiger partial charge in [0.25, 0.3) is 5.91 Å². The molecule has 1 aromatic carbocycles. The van der Waals surface area contributed by atoms with Crippen molar-refractivity contribution in [3.05, 3.63) is 45.3 Å². The van der Waals surface area contributed by atoms with Gasteiger partial charge in [-0.15, -0.1) is 11.3 Å². The van der Waals surface area contributed by atoms with Gasteiger partial charge in [0.05, 0.1) is 16.3 Å². The molecule has 0 saturated carbocycles. The number of benzene rings is 1. The first kappa shape index (κ1) is 23.1. The molecule has 1 aliphatic rings. The van der Waals surface area contributed by atoms with Crippen LogP contribution in [0, 0.1) is 13.8 Å². The molecule has 1 aromatic heterocycles. The molecule has 0 radical (unpaired) electrons. The summed E-state index contributed by atoms with van der Waals surface area (Å²) in [5, 5.41) is 11.1. The maximum atomic E-state index is 12.7. The van der Waals surface area contributed by atoms with Gasteiger partial charge in [-0.05, 0) is 43.5 Å². The molecule has 7 nitrogen and oxygen atoms in total. The zero-order chi connectivity index (χ0) is 22.7. The van der Waals surface area contributed by atoms with E-state index in [-0.39, 0.29) is 24.8 Å². The van der Waals surface area contributed by atoms with E-state index in [1.54, 1.807) is 16.4 Å². The van der Waals surface area contributed by atoms with Crippen LogP contribution in [0.3, 0.4) is 0 Å². The largest absolute Gasteiger partial charge is 0.481 e. The molecule has 0 unspecified atom stereocenters. The number of carbonyl (C=O) groups is 3. The number of thiocarbonyl (C=S) groups is 1. The highest BCUT2D eigenvalue weighted by molar-refractivity contribution is 8.26. The van der Waals surface area contributed by atoms with Crippen molar-refractivity contribution in [2.45, 2.75) is 33.6 Å². The van der Waals surface area contributed by atoms with Crippen LogP contribution in [0.1, 0.15) is 36.6 Å². The number of nitrogens with zero attached hydrogens (tertiary/aromatic N) is 3. The Morgan fingerprint density at radius 2 is 2.06 bits per heavy atom. The topological polar surface area (TPSA) is 90.8 Å². The smallest absolute Gasteiger partial charge is 0.303 e. The summed E-state index contributed by atoms with van der Waals surface area (Å²) in [7, 11) is 0. The van der Waals surface area contributed by atoms with E-state index in [2.05, 4.69) is 4.98 Å². The third-order valence-electron chi connectivity index (χ3n) is 4.76. The molecule has 162 valence electrons. The fraction of sp³-hybridized carbons (Fsp3) is 0.286. The highest BCUT2D eigenvalue weighted by Crippen LogP contribution is 2.35. The van der Waals surface area contributed by atoms with Crippen LogP contribution >= 0.6 is 35.3 Å². The van der Waals surface area contributed by atoms with E-state index >= 15 is 0 Å². The number of rotatable bonds is 7. The van der Waals surface area contributed by atoms with Crippen LogP contribution in [0.15, 0.2) is 28.5 Å². The van der Waals surface area contributed by atoms with Gasteiger partial charge >= 0.3 is 5.97 Å². The zero-order valence-electron chi connectivity index (χ0n) is 17.2. The lowest BCUT2D eigenvalue weighted by atomic mass is 10.1. The van der Waals surface area contributed by atoms with E-state index in [4.69, 9.17) is 17.3 Å². The highest BCUT2D eigenvalue weighted by Gasteiger charge is 2.32. The highest BCUT2D eigenvalue weighted by atomic mass is 32.2. The quantitative estimate of drug-likeness (QED) is 0.465. The van der Waals surface area contributed by atoms with Crippen molar-refractivity contribution in [3.63, 3.8) is 0 Å². The third kappa shape index (κ3) is 5.20. The Morgan fingerprint density at radius 1 is 1.32 bits per heavy atom. The van der Waals surface area contributed by atoms with Crippen LogP contribution in [0.2, 0.25) is 0 Å². The molecule has 2 aromatic rings. The summed E-state index contributed by atoms with van der Waals surface area (Å²) in [6.07, 6.45) is 1.96. The second-order valence-electron chi connectivity index (χ2n) is 6.96. The van der Waals surface area contributed by atoms with E-state index in [1.807, 2.05) is 32.0 Å². The number of thiazole rings is 1. The first-order valence-electron chi connectivity index (χ1n) is 9.48. The molecule has 2 amide bonds. The molecule has 1 N–H and O–H groups in total. The first-order valence-corrected chi connectivity index (χ1v) is 11.6. The molecule has 0 bridgehead atoms. The number of aryl methyl sites for hydroxylation is 1. The zero-order valence-corrected chi connectivity index (χ0v) is 19.7. The van der Waals surface area contributed by atoms with Crippen LogP contribution in [0.5, 0.6) is 0 Å². The Kier molecular flexibility index (Phi) is 7.24. The number of carbonyl (C=O) groups excluding carboxylic acids is 2. The van der Waals surface area contributed by atoms with Gasteiger partial charge in [0, 0.05) is 25.3 Å². The van der Waals surface area contributed by atoms with E-state index in [1.165, 1.54) is 34.9 Å². The summed E-state index contributed by atoms with van der Waals surface area (Å²) in [6, 6.07) is 5.77. The van der Waals surface area contributed by atoms with Gasteiger partial charge in [-0.2, -0.15) is 0 Å². The molecule has 31 heavy (non-hydrogen) atoms. The van der Waals surface area contributed by atoms with E-state index in [0.29, 0.717) is 26.5 Å². The number of hydrogen-bond acceptors (Lipinski definition) is 7. The fourth-order valence-electron chi connectivity index (χ4n) is 3.05. The molecule has 1 fully saturated rings. The molecule has 0 atom stereocenters. The van der Waals surface area contributed by atoms with Gasteiger partial charge < -0.3 is 5.11 Å². The minimum Gasteiger partial charge on any atom is -0.481 e. The summed E-state index contributed by atoms with van der Waals surface area (Å²) >= 11 is 7.75. The number of anilines is 2. The first-order chi connectivity index (χ1) is 14.7. The van der Waals surface area contributed by atoms with Crippen molar-refractivity contribution in [2.75, 3.05) is 11.4 Å².